The van der Waals surface area contributed by atoms with Crippen LogP contribution in [-0.2, 0) is 20.8 Å². The number of thiazole rings is 1. The first-order chi connectivity index (χ1) is 16.2. The van der Waals surface area contributed by atoms with Crippen LogP contribution < -0.4 is 11.1 Å². The minimum atomic E-state index is -1.30. The number of nitro groups is 1. The summed E-state index contributed by atoms with van der Waals surface area (Å²) >= 11 is 2.30. The fourth-order valence-electron chi connectivity index (χ4n) is 3.55. The number of thioether (sulfide) groups is 1. The van der Waals surface area contributed by atoms with E-state index in [1.165, 1.54) is 35.4 Å². The lowest BCUT2D eigenvalue weighted by atomic mass is 10.0. The van der Waals surface area contributed by atoms with E-state index < -0.39 is 39.8 Å². The van der Waals surface area contributed by atoms with Crippen LogP contribution in [0.15, 0.2) is 46.6 Å². The van der Waals surface area contributed by atoms with Gasteiger partial charge in [0.1, 0.15) is 22.8 Å². The van der Waals surface area contributed by atoms with Gasteiger partial charge in [-0.1, -0.05) is 17.3 Å². The van der Waals surface area contributed by atoms with Crippen LogP contribution in [0.4, 0.5) is 10.8 Å². The van der Waals surface area contributed by atoms with Gasteiger partial charge in [-0.2, -0.15) is 0 Å². The van der Waals surface area contributed by atoms with Gasteiger partial charge in [0.15, 0.2) is 10.8 Å². The van der Waals surface area contributed by atoms with Crippen LogP contribution in [0.5, 0.6) is 0 Å². The lowest BCUT2D eigenvalue weighted by molar-refractivity contribution is -0.384. The molecule has 0 saturated carbocycles. The number of aromatic nitrogens is 1. The van der Waals surface area contributed by atoms with Crippen LogP contribution in [0.25, 0.3) is 0 Å². The first-order valence-electron chi connectivity index (χ1n) is 9.61. The molecule has 1 saturated heterocycles. The summed E-state index contributed by atoms with van der Waals surface area (Å²) in [5, 5.41) is 35.6. The van der Waals surface area contributed by atoms with Crippen LogP contribution in [-0.4, -0.2) is 65.3 Å². The number of benzene rings is 1. The highest BCUT2D eigenvalue weighted by atomic mass is 32.2. The third kappa shape index (κ3) is 4.29. The number of carboxylic acid groups (broad SMARTS) is 1. The molecule has 2 aromatic rings. The van der Waals surface area contributed by atoms with E-state index in [2.05, 4.69) is 15.5 Å². The van der Waals surface area contributed by atoms with Gasteiger partial charge in [-0.05, 0) is 18.1 Å². The molecule has 0 aliphatic carbocycles. The third-order valence-corrected chi connectivity index (χ3v) is 7.22. The SMILES string of the molecule is Nc1nc(C(=NO)C(=O)NC2C(=O)N3C(C(=O)O)=CC(Cc4ccc([N+](=O)[O-])cc4)S[C@H]23)cs1. The van der Waals surface area contributed by atoms with Crippen molar-refractivity contribution < 1.29 is 29.6 Å². The van der Waals surface area contributed by atoms with Crippen molar-refractivity contribution in [1.29, 1.82) is 0 Å². The van der Waals surface area contributed by atoms with E-state index in [9.17, 15) is 34.8 Å². The van der Waals surface area contributed by atoms with Gasteiger partial charge in [-0.25, -0.2) is 9.78 Å². The standard InChI is InChI=1S/C19H16N6O7S2/c20-19-21-11(7-33-19)13(23-30)15(26)22-14-16(27)24-12(18(28)29)6-10(34-17(14)24)5-8-1-3-9(4-2-8)25(31)32/h1-4,6-7,10,14,17,30H,5H2,(H2,20,21)(H,22,26)(H,28,29)/t10?,14?,17-/m1/s1. The molecule has 3 atom stereocenters. The smallest absolute Gasteiger partial charge is 0.352 e. The summed E-state index contributed by atoms with van der Waals surface area (Å²) in [6, 6.07) is 4.80. The first-order valence-corrected chi connectivity index (χ1v) is 11.4. The van der Waals surface area contributed by atoms with E-state index in [1.54, 1.807) is 12.1 Å². The lowest BCUT2D eigenvalue weighted by Gasteiger charge is -2.49. The van der Waals surface area contributed by atoms with Gasteiger partial charge in [0.25, 0.3) is 17.5 Å². The van der Waals surface area contributed by atoms with Gasteiger partial charge in [-0.15, -0.1) is 23.1 Å². The number of oxime groups is 1. The maximum absolute atomic E-state index is 12.7. The van der Waals surface area contributed by atoms with Gasteiger partial charge in [-0.3, -0.25) is 24.6 Å². The molecule has 0 spiro atoms. The van der Waals surface area contributed by atoms with E-state index in [4.69, 9.17) is 5.73 Å². The van der Waals surface area contributed by atoms with Crippen LogP contribution >= 0.6 is 23.1 Å². The van der Waals surface area contributed by atoms with Gasteiger partial charge >= 0.3 is 5.97 Å². The van der Waals surface area contributed by atoms with E-state index in [0.717, 1.165) is 21.8 Å². The first kappa shape index (κ1) is 23.2. The Hall–Kier alpha value is -3.98. The van der Waals surface area contributed by atoms with Crippen LogP contribution in [0, 0.1) is 10.1 Å². The molecule has 2 unspecified atom stereocenters. The molecule has 4 rings (SSSR count). The number of nitrogen functional groups attached to an aromatic ring is 1. The highest BCUT2D eigenvalue weighted by Gasteiger charge is 2.54. The number of non-ortho nitro benzene ring substituents is 1. The molecule has 0 radical (unpaired) electrons. The zero-order valence-corrected chi connectivity index (χ0v) is 18.7. The average Bonchev–Trinajstić information content (AvgIpc) is 3.23. The van der Waals surface area contributed by atoms with Crippen molar-refractivity contribution in [3.8, 4) is 0 Å². The number of aliphatic carboxylic acids is 1. The number of anilines is 1. The van der Waals surface area contributed by atoms with Crippen molar-refractivity contribution in [1.82, 2.24) is 15.2 Å². The molecule has 13 nitrogen and oxygen atoms in total. The van der Waals surface area contributed by atoms with Crippen LogP contribution in [0.1, 0.15) is 11.3 Å². The van der Waals surface area contributed by atoms with Crippen molar-refractivity contribution in [2.45, 2.75) is 23.1 Å². The summed E-state index contributed by atoms with van der Waals surface area (Å²) in [4.78, 5) is 52.4. The van der Waals surface area contributed by atoms with Crippen molar-refractivity contribution >= 4 is 57.4 Å². The molecule has 3 heterocycles. The summed E-state index contributed by atoms with van der Waals surface area (Å²) in [5.74, 6) is -2.79. The number of carboxylic acids is 1. The van der Waals surface area contributed by atoms with Crippen molar-refractivity contribution in [2.75, 3.05) is 5.73 Å². The van der Waals surface area contributed by atoms with Gasteiger partial charge < -0.3 is 21.4 Å². The summed E-state index contributed by atoms with van der Waals surface area (Å²) in [6.07, 6.45) is 1.79. The molecule has 176 valence electrons. The van der Waals surface area contributed by atoms with E-state index in [0.29, 0.717) is 6.42 Å². The molecule has 15 heteroatoms. The minimum Gasteiger partial charge on any atom is -0.477 e. The Morgan fingerprint density at radius 1 is 1.32 bits per heavy atom. The molecule has 2 amide bonds. The van der Waals surface area contributed by atoms with Crippen molar-refractivity contribution in [3.63, 3.8) is 0 Å². The number of β-lactam (4-membered cyclic amide) rings is 1. The Bertz CT molecular complexity index is 1240. The number of hydrogen-bond donors (Lipinski definition) is 4. The number of nitrogens with one attached hydrogen (secondary N) is 1. The molecule has 5 N–H and O–H groups in total. The average molecular weight is 505 g/mol. The third-order valence-electron chi connectivity index (χ3n) is 5.13. The number of carbonyl (C=O) groups is 3. The molecule has 2 aliphatic rings. The quantitative estimate of drug-likeness (QED) is 0.137. The predicted molar refractivity (Wildman–Crippen MR) is 121 cm³/mol. The Labute approximate surface area is 199 Å². The Morgan fingerprint density at radius 3 is 2.59 bits per heavy atom. The largest absolute Gasteiger partial charge is 0.477 e. The maximum Gasteiger partial charge on any atom is 0.352 e. The Balaban J connectivity index is 1.51. The number of hydrogen-bond acceptors (Lipinski definition) is 11. The molecule has 1 aromatic carbocycles. The summed E-state index contributed by atoms with van der Waals surface area (Å²) in [6.45, 7) is 0. The fraction of sp³-hybridized carbons (Fsp3) is 0.211. The molecule has 0 bridgehead atoms. The number of nitrogens with two attached hydrogens (primary N) is 1. The number of fused-ring (bicyclic) bond motifs is 1. The van der Waals surface area contributed by atoms with Crippen molar-refractivity contribution in [2.24, 2.45) is 5.16 Å². The second-order valence-electron chi connectivity index (χ2n) is 7.23. The number of nitrogens with zero attached hydrogens (tertiary/aromatic N) is 4. The van der Waals surface area contributed by atoms with Gasteiger partial charge in [0, 0.05) is 22.8 Å². The molecule has 34 heavy (non-hydrogen) atoms. The lowest BCUT2D eigenvalue weighted by Crippen LogP contribution is -2.71. The van der Waals surface area contributed by atoms with E-state index >= 15 is 0 Å². The fourth-order valence-corrected chi connectivity index (χ4v) is 5.64. The summed E-state index contributed by atoms with van der Waals surface area (Å²) < 4.78 is 0. The predicted octanol–water partition coefficient (Wildman–Crippen LogP) is 0.792. The normalized spacial score (nSPS) is 21.8. The zero-order valence-electron chi connectivity index (χ0n) is 17.0. The summed E-state index contributed by atoms with van der Waals surface area (Å²) in [7, 11) is 0. The summed E-state index contributed by atoms with van der Waals surface area (Å²) in [5.41, 5.74) is 5.60. The number of rotatable bonds is 7. The topological polar surface area (TPSA) is 201 Å². The molecule has 1 aromatic heterocycles. The molecular formula is C19H16N6O7S2. The highest BCUT2D eigenvalue weighted by Crippen LogP contribution is 2.42. The highest BCUT2D eigenvalue weighted by molar-refractivity contribution is 8.00. The zero-order chi connectivity index (χ0) is 24.6. The van der Waals surface area contributed by atoms with Gasteiger partial charge in [0.05, 0.1) is 4.92 Å². The Kier molecular flexibility index (Phi) is 6.21. The second-order valence-corrected chi connectivity index (χ2v) is 9.48. The molecule has 1 fully saturated rings. The van der Waals surface area contributed by atoms with E-state index in [-0.39, 0.29) is 27.5 Å². The number of carbonyl (C=O) groups excluding carboxylic acids is 2. The molecular weight excluding hydrogens is 488 g/mol. The minimum absolute atomic E-state index is 0.0320. The van der Waals surface area contributed by atoms with Gasteiger partial charge in [0.2, 0.25) is 0 Å². The van der Waals surface area contributed by atoms with Crippen LogP contribution in [0.3, 0.4) is 0 Å². The number of nitro benzene ring substituents is 1. The second kappa shape index (κ2) is 9.11. The van der Waals surface area contributed by atoms with E-state index in [1.807, 2.05) is 0 Å². The van der Waals surface area contributed by atoms with Crippen molar-refractivity contribution in [3.05, 3.63) is 62.8 Å². The van der Waals surface area contributed by atoms with Crippen LogP contribution in [0.2, 0.25) is 0 Å². The number of amides is 2. The molecule has 2 aliphatic heterocycles. The Morgan fingerprint density at radius 2 is 2.03 bits per heavy atom. The monoisotopic (exact) mass is 504 g/mol. The maximum atomic E-state index is 12.7.